The highest BCUT2D eigenvalue weighted by atomic mass is 16.3. The van der Waals surface area contributed by atoms with E-state index in [2.05, 4.69) is 48.6 Å². The Hall–Kier alpha value is -1.64. The van der Waals surface area contributed by atoms with Gasteiger partial charge in [0.05, 0.1) is 12.6 Å². The normalized spacial score (nSPS) is 13.9. The summed E-state index contributed by atoms with van der Waals surface area (Å²) in [6.45, 7) is 2.30. The van der Waals surface area contributed by atoms with Crippen molar-refractivity contribution in [1.82, 2.24) is 5.32 Å². The lowest BCUT2D eigenvalue weighted by molar-refractivity contribution is 0.230. The molecule has 0 radical (unpaired) electrons. The minimum absolute atomic E-state index is 0.0204. The Labute approximate surface area is 121 Å². The predicted molar refractivity (Wildman–Crippen MR) is 83.5 cm³/mol. The molecule has 0 aliphatic heterocycles. The van der Waals surface area contributed by atoms with Crippen LogP contribution in [0.15, 0.2) is 60.7 Å². The van der Waals surface area contributed by atoms with Crippen LogP contribution >= 0.6 is 0 Å². The Morgan fingerprint density at radius 1 is 0.850 bits per heavy atom. The van der Waals surface area contributed by atoms with Crippen LogP contribution in [0.3, 0.4) is 0 Å². The topological polar surface area (TPSA) is 32.3 Å². The molecule has 2 rings (SSSR count). The number of nitrogens with one attached hydrogen (secondary N) is 1. The van der Waals surface area contributed by atoms with Gasteiger partial charge in [-0.25, -0.2) is 0 Å². The third-order valence-corrected chi connectivity index (χ3v) is 3.57. The minimum atomic E-state index is -0.0204. The molecule has 20 heavy (non-hydrogen) atoms. The summed E-state index contributed by atoms with van der Waals surface area (Å²) >= 11 is 0. The van der Waals surface area contributed by atoms with Gasteiger partial charge in [0, 0.05) is 6.04 Å². The third-order valence-electron chi connectivity index (χ3n) is 3.57. The summed E-state index contributed by atoms with van der Waals surface area (Å²) in [5.41, 5.74) is 2.41. The Morgan fingerprint density at radius 3 is 1.80 bits per heavy atom. The first kappa shape index (κ1) is 14.8. The molecule has 0 fully saturated rings. The summed E-state index contributed by atoms with van der Waals surface area (Å²) in [4.78, 5) is 0. The highest BCUT2D eigenvalue weighted by Gasteiger charge is 2.16. The maximum Gasteiger partial charge on any atom is 0.0626 e. The van der Waals surface area contributed by atoms with Crippen molar-refractivity contribution in [1.29, 1.82) is 0 Å². The van der Waals surface area contributed by atoms with Crippen molar-refractivity contribution in [2.75, 3.05) is 6.61 Å². The van der Waals surface area contributed by atoms with Crippen LogP contribution in [0.25, 0.3) is 0 Å². The molecule has 0 amide bonds. The van der Waals surface area contributed by atoms with Crippen LogP contribution in [-0.2, 0) is 0 Å². The van der Waals surface area contributed by atoms with Crippen molar-refractivity contribution in [3.05, 3.63) is 71.8 Å². The van der Waals surface area contributed by atoms with E-state index in [-0.39, 0.29) is 18.7 Å². The molecule has 0 saturated heterocycles. The molecule has 2 unspecified atom stereocenters. The van der Waals surface area contributed by atoms with E-state index in [1.165, 1.54) is 5.56 Å². The van der Waals surface area contributed by atoms with Gasteiger partial charge in [-0.05, 0) is 17.5 Å². The van der Waals surface area contributed by atoms with Gasteiger partial charge < -0.3 is 10.4 Å². The maximum atomic E-state index is 9.68. The molecule has 0 aliphatic carbocycles. The van der Waals surface area contributed by atoms with E-state index < -0.39 is 0 Å². The number of hydrogen-bond acceptors (Lipinski definition) is 2. The summed E-state index contributed by atoms with van der Waals surface area (Å²) in [6.07, 6.45) is 2.17. The molecule has 106 valence electrons. The van der Waals surface area contributed by atoms with E-state index in [0.29, 0.717) is 0 Å². The highest BCUT2D eigenvalue weighted by Crippen LogP contribution is 2.23. The van der Waals surface area contributed by atoms with E-state index in [9.17, 15) is 5.11 Å². The largest absolute Gasteiger partial charge is 0.394 e. The molecule has 2 nitrogen and oxygen atoms in total. The summed E-state index contributed by atoms with van der Waals surface area (Å²) < 4.78 is 0. The standard InChI is InChI=1S/C18H23NO/c1-2-9-17(15-10-5-3-6-11-15)19-18(14-20)16-12-7-4-8-13-16/h3-8,10-13,17-20H,2,9,14H2,1H3. The lowest BCUT2D eigenvalue weighted by Crippen LogP contribution is -2.29. The van der Waals surface area contributed by atoms with Gasteiger partial charge in [-0.15, -0.1) is 0 Å². The van der Waals surface area contributed by atoms with Crippen molar-refractivity contribution in [3.63, 3.8) is 0 Å². The van der Waals surface area contributed by atoms with Gasteiger partial charge in [-0.1, -0.05) is 74.0 Å². The van der Waals surface area contributed by atoms with Crippen molar-refractivity contribution < 1.29 is 5.11 Å². The summed E-state index contributed by atoms with van der Waals surface area (Å²) in [5.74, 6) is 0. The van der Waals surface area contributed by atoms with E-state index in [1.54, 1.807) is 0 Å². The van der Waals surface area contributed by atoms with E-state index in [4.69, 9.17) is 0 Å². The minimum Gasteiger partial charge on any atom is -0.394 e. The van der Waals surface area contributed by atoms with E-state index >= 15 is 0 Å². The Balaban J connectivity index is 2.14. The molecule has 0 aliphatic rings. The van der Waals surface area contributed by atoms with E-state index in [0.717, 1.165) is 18.4 Å². The average Bonchev–Trinajstić information content (AvgIpc) is 2.53. The quantitative estimate of drug-likeness (QED) is 0.800. The molecule has 2 heteroatoms. The summed E-state index contributed by atoms with van der Waals surface area (Å²) in [6, 6.07) is 20.8. The first-order chi connectivity index (χ1) is 9.85. The highest BCUT2D eigenvalue weighted by molar-refractivity contribution is 5.22. The van der Waals surface area contributed by atoms with Gasteiger partial charge in [0.1, 0.15) is 0 Å². The monoisotopic (exact) mass is 269 g/mol. The van der Waals surface area contributed by atoms with Gasteiger partial charge in [0.25, 0.3) is 0 Å². The zero-order valence-corrected chi connectivity index (χ0v) is 12.0. The van der Waals surface area contributed by atoms with Crippen LogP contribution in [0.1, 0.15) is 43.0 Å². The fraction of sp³-hybridized carbons (Fsp3) is 0.333. The number of aliphatic hydroxyl groups is 1. The molecule has 2 N–H and O–H groups in total. The Bertz CT molecular complexity index is 483. The molecule has 2 aromatic rings. The zero-order chi connectivity index (χ0) is 14.2. The first-order valence-corrected chi connectivity index (χ1v) is 7.32. The zero-order valence-electron chi connectivity index (χ0n) is 12.0. The summed E-state index contributed by atoms with van der Waals surface area (Å²) in [7, 11) is 0. The van der Waals surface area contributed by atoms with Crippen molar-refractivity contribution in [2.24, 2.45) is 0 Å². The van der Waals surface area contributed by atoms with Crippen LogP contribution in [-0.4, -0.2) is 11.7 Å². The van der Waals surface area contributed by atoms with Gasteiger partial charge in [-0.2, -0.15) is 0 Å². The average molecular weight is 269 g/mol. The Kier molecular flexibility index (Phi) is 5.78. The number of hydrogen-bond donors (Lipinski definition) is 2. The van der Waals surface area contributed by atoms with Gasteiger partial charge in [-0.3, -0.25) is 0 Å². The number of benzene rings is 2. The fourth-order valence-corrected chi connectivity index (χ4v) is 2.50. The maximum absolute atomic E-state index is 9.68. The van der Waals surface area contributed by atoms with E-state index in [1.807, 2.05) is 24.3 Å². The van der Waals surface area contributed by atoms with Crippen LogP contribution in [0.2, 0.25) is 0 Å². The lowest BCUT2D eigenvalue weighted by Gasteiger charge is -2.25. The lowest BCUT2D eigenvalue weighted by atomic mass is 9.99. The molecule has 2 atom stereocenters. The van der Waals surface area contributed by atoms with Gasteiger partial charge in [0.2, 0.25) is 0 Å². The molecule has 0 aromatic heterocycles. The predicted octanol–water partition coefficient (Wildman–Crippen LogP) is 3.85. The van der Waals surface area contributed by atoms with Crippen molar-refractivity contribution in [2.45, 2.75) is 31.8 Å². The van der Waals surface area contributed by atoms with Crippen molar-refractivity contribution in [3.8, 4) is 0 Å². The summed E-state index contributed by atoms with van der Waals surface area (Å²) in [5, 5.41) is 13.3. The van der Waals surface area contributed by atoms with Crippen LogP contribution in [0.5, 0.6) is 0 Å². The fourth-order valence-electron chi connectivity index (χ4n) is 2.50. The number of rotatable bonds is 7. The smallest absolute Gasteiger partial charge is 0.0626 e. The second kappa shape index (κ2) is 7.83. The molecular weight excluding hydrogens is 246 g/mol. The van der Waals surface area contributed by atoms with Crippen LogP contribution < -0.4 is 5.32 Å². The first-order valence-electron chi connectivity index (χ1n) is 7.32. The molecule has 0 bridgehead atoms. The molecule has 0 spiro atoms. The molecular formula is C18H23NO. The van der Waals surface area contributed by atoms with Gasteiger partial charge in [0.15, 0.2) is 0 Å². The van der Waals surface area contributed by atoms with Gasteiger partial charge >= 0.3 is 0 Å². The second-order valence-electron chi connectivity index (χ2n) is 5.06. The molecule has 2 aromatic carbocycles. The SMILES string of the molecule is CCCC(NC(CO)c1ccccc1)c1ccccc1. The third kappa shape index (κ3) is 3.92. The van der Waals surface area contributed by atoms with Crippen molar-refractivity contribution >= 4 is 0 Å². The molecule has 0 heterocycles. The van der Waals surface area contributed by atoms with Crippen LogP contribution in [0, 0.1) is 0 Å². The van der Waals surface area contributed by atoms with Crippen LogP contribution in [0.4, 0.5) is 0 Å². The molecule has 0 saturated carbocycles. The number of aliphatic hydroxyl groups excluding tert-OH is 1. The Morgan fingerprint density at radius 2 is 1.35 bits per heavy atom. The second-order valence-corrected chi connectivity index (χ2v) is 5.06.